The fraction of sp³-hybridized carbons (Fsp3) is 0.538. The number of nitrogens with zero attached hydrogens (tertiary/aromatic N) is 6. The molecule has 1 aliphatic heterocycles. The first kappa shape index (κ1) is 22.6. The Hall–Kier alpha value is -3.16. The first-order chi connectivity index (χ1) is 16.2. The summed E-state index contributed by atoms with van der Waals surface area (Å²) >= 11 is 0. The molecule has 0 saturated heterocycles. The molecule has 1 saturated carbocycles. The van der Waals surface area contributed by atoms with Crippen LogP contribution >= 0.6 is 0 Å². The number of carbonyl (C=O) groups is 1. The first-order valence-electron chi connectivity index (χ1n) is 12.2. The second kappa shape index (κ2) is 8.56. The molecule has 3 atom stereocenters. The second-order valence-electron chi connectivity index (χ2n) is 10.7. The van der Waals surface area contributed by atoms with Gasteiger partial charge in [-0.1, -0.05) is 24.6 Å². The molecular formula is C26H34N6O2. The molecule has 180 valence electrons. The van der Waals surface area contributed by atoms with Gasteiger partial charge in [0, 0.05) is 5.69 Å². The van der Waals surface area contributed by atoms with Crippen molar-refractivity contribution in [1.82, 2.24) is 29.4 Å². The number of para-hydroxylation sites is 1. The summed E-state index contributed by atoms with van der Waals surface area (Å²) in [6.07, 6.45) is 7.51. The van der Waals surface area contributed by atoms with E-state index in [9.17, 15) is 4.79 Å². The summed E-state index contributed by atoms with van der Waals surface area (Å²) in [4.78, 5) is 15.5. The maximum Gasteiger partial charge on any atom is 0.411 e. The van der Waals surface area contributed by atoms with E-state index < -0.39 is 5.60 Å². The Kier molecular flexibility index (Phi) is 5.70. The van der Waals surface area contributed by atoms with Gasteiger partial charge in [0.05, 0.1) is 30.5 Å². The van der Waals surface area contributed by atoms with Gasteiger partial charge in [-0.2, -0.15) is 5.10 Å². The average molecular weight is 463 g/mol. The van der Waals surface area contributed by atoms with Crippen LogP contribution in [-0.4, -0.2) is 41.1 Å². The Morgan fingerprint density at radius 3 is 2.68 bits per heavy atom. The highest BCUT2D eigenvalue weighted by Gasteiger charge is 2.42. The highest BCUT2D eigenvalue weighted by Crippen LogP contribution is 2.44. The summed E-state index contributed by atoms with van der Waals surface area (Å²) in [5.41, 5.74) is 3.92. The van der Waals surface area contributed by atoms with Crippen LogP contribution in [0.2, 0.25) is 0 Å². The Labute approximate surface area is 200 Å². The van der Waals surface area contributed by atoms with Crippen molar-refractivity contribution in [2.24, 2.45) is 5.92 Å². The molecule has 0 N–H and O–H groups in total. The zero-order valence-corrected chi connectivity index (χ0v) is 20.7. The van der Waals surface area contributed by atoms with Crippen molar-refractivity contribution in [2.75, 3.05) is 0 Å². The zero-order valence-electron chi connectivity index (χ0n) is 20.7. The van der Waals surface area contributed by atoms with Gasteiger partial charge in [-0.25, -0.2) is 4.79 Å². The normalized spacial score (nSPS) is 22.6. The summed E-state index contributed by atoms with van der Waals surface area (Å²) in [5, 5.41) is 13.5. The van der Waals surface area contributed by atoms with Crippen LogP contribution in [0.1, 0.15) is 81.2 Å². The van der Waals surface area contributed by atoms with E-state index in [2.05, 4.69) is 50.5 Å². The third kappa shape index (κ3) is 4.10. The average Bonchev–Trinajstić information content (AvgIpc) is 3.36. The minimum Gasteiger partial charge on any atom is -0.444 e. The molecule has 0 bridgehead atoms. The Balaban J connectivity index is 1.56. The number of aromatic nitrogens is 5. The molecule has 3 heterocycles. The highest BCUT2D eigenvalue weighted by atomic mass is 16.6. The molecule has 34 heavy (non-hydrogen) atoms. The van der Waals surface area contributed by atoms with Gasteiger partial charge in [0.1, 0.15) is 11.9 Å². The SMILES string of the molecule is Cc1cnn(C2CCCC(C3c4nncn4-c4ccccc4CN3C(=O)OC(C)(C)C)C2)c1C. The van der Waals surface area contributed by atoms with Gasteiger partial charge in [-0.05, 0) is 77.0 Å². The number of aryl methyl sites for hydroxylation is 1. The Morgan fingerprint density at radius 1 is 1.15 bits per heavy atom. The molecule has 0 spiro atoms. The topological polar surface area (TPSA) is 78.1 Å². The second-order valence-corrected chi connectivity index (χ2v) is 10.7. The molecule has 8 nitrogen and oxygen atoms in total. The Morgan fingerprint density at radius 2 is 1.94 bits per heavy atom. The number of amides is 1. The Bertz CT molecular complexity index is 1190. The highest BCUT2D eigenvalue weighted by molar-refractivity contribution is 5.69. The summed E-state index contributed by atoms with van der Waals surface area (Å²) in [6.45, 7) is 10.4. The minimum atomic E-state index is -0.583. The van der Waals surface area contributed by atoms with E-state index in [0.717, 1.165) is 42.8 Å². The van der Waals surface area contributed by atoms with Gasteiger partial charge in [0.25, 0.3) is 0 Å². The lowest BCUT2D eigenvalue weighted by Gasteiger charge is -2.39. The predicted octanol–water partition coefficient (Wildman–Crippen LogP) is 5.30. The fourth-order valence-electron chi connectivity index (χ4n) is 5.48. The number of ether oxygens (including phenoxy) is 1. The van der Waals surface area contributed by atoms with Crippen LogP contribution in [0, 0.1) is 19.8 Å². The summed E-state index contributed by atoms with van der Waals surface area (Å²) < 4.78 is 10.1. The third-order valence-electron chi connectivity index (χ3n) is 7.16. The lowest BCUT2D eigenvalue weighted by molar-refractivity contribution is 0.000625. The van der Waals surface area contributed by atoms with Crippen molar-refractivity contribution in [3.8, 4) is 5.69 Å². The summed E-state index contributed by atoms with van der Waals surface area (Å²) in [6, 6.07) is 8.23. The van der Waals surface area contributed by atoms with Crippen molar-refractivity contribution in [3.63, 3.8) is 0 Å². The number of carbonyl (C=O) groups excluding carboxylic acids is 1. The van der Waals surface area contributed by atoms with Crippen molar-refractivity contribution in [2.45, 2.75) is 84.5 Å². The van der Waals surface area contributed by atoms with Crippen LogP contribution in [-0.2, 0) is 11.3 Å². The molecule has 3 aromatic rings. The van der Waals surface area contributed by atoms with E-state index in [1.54, 1.807) is 6.33 Å². The molecule has 5 rings (SSSR count). The third-order valence-corrected chi connectivity index (χ3v) is 7.16. The first-order valence-corrected chi connectivity index (χ1v) is 12.2. The van der Waals surface area contributed by atoms with Gasteiger partial charge in [-0.3, -0.25) is 14.1 Å². The van der Waals surface area contributed by atoms with E-state index in [4.69, 9.17) is 4.74 Å². The van der Waals surface area contributed by atoms with Gasteiger partial charge in [-0.15, -0.1) is 10.2 Å². The molecule has 1 fully saturated rings. The maximum atomic E-state index is 13.6. The molecule has 1 amide bonds. The van der Waals surface area contributed by atoms with Crippen molar-refractivity contribution in [1.29, 1.82) is 0 Å². The van der Waals surface area contributed by atoms with E-state index >= 15 is 0 Å². The number of hydrogen-bond donors (Lipinski definition) is 0. The minimum absolute atomic E-state index is 0.215. The fourth-order valence-corrected chi connectivity index (χ4v) is 5.48. The van der Waals surface area contributed by atoms with E-state index in [-0.39, 0.29) is 18.1 Å². The van der Waals surface area contributed by atoms with Crippen LogP contribution in [0.3, 0.4) is 0 Å². The van der Waals surface area contributed by atoms with E-state index in [0.29, 0.717) is 12.6 Å². The molecule has 3 unspecified atom stereocenters. The number of hydrogen-bond acceptors (Lipinski definition) is 5. The van der Waals surface area contributed by atoms with Crippen LogP contribution < -0.4 is 0 Å². The molecular weight excluding hydrogens is 428 g/mol. The summed E-state index contributed by atoms with van der Waals surface area (Å²) in [5.74, 6) is 1.02. The van der Waals surface area contributed by atoms with Gasteiger partial charge >= 0.3 is 6.09 Å². The smallest absolute Gasteiger partial charge is 0.411 e. The van der Waals surface area contributed by atoms with Crippen LogP contribution in [0.4, 0.5) is 4.79 Å². The van der Waals surface area contributed by atoms with E-state index in [1.165, 1.54) is 11.3 Å². The predicted molar refractivity (Wildman–Crippen MR) is 129 cm³/mol. The van der Waals surface area contributed by atoms with Crippen molar-refractivity contribution < 1.29 is 9.53 Å². The van der Waals surface area contributed by atoms with Crippen molar-refractivity contribution >= 4 is 6.09 Å². The van der Waals surface area contributed by atoms with Gasteiger partial charge in [0.2, 0.25) is 0 Å². The summed E-state index contributed by atoms with van der Waals surface area (Å²) in [7, 11) is 0. The quantitative estimate of drug-likeness (QED) is 0.516. The van der Waals surface area contributed by atoms with Crippen LogP contribution in [0.15, 0.2) is 36.8 Å². The van der Waals surface area contributed by atoms with Crippen LogP contribution in [0.5, 0.6) is 0 Å². The molecule has 8 heteroatoms. The monoisotopic (exact) mass is 462 g/mol. The largest absolute Gasteiger partial charge is 0.444 e. The number of benzene rings is 1. The van der Waals surface area contributed by atoms with Crippen LogP contribution in [0.25, 0.3) is 5.69 Å². The van der Waals surface area contributed by atoms with E-state index in [1.807, 2.05) is 44.0 Å². The lowest BCUT2D eigenvalue weighted by Crippen LogP contribution is -2.42. The number of fused-ring (bicyclic) bond motifs is 3. The van der Waals surface area contributed by atoms with Gasteiger partial charge < -0.3 is 4.74 Å². The lowest BCUT2D eigenvalue weighted by atomic mass is 9.80. The number of rotatable bonds is 2. The standard InChI is InChI=1S/C26H34N6O2/c1-17-14-28-32(18(17)2)21-11-8-10-19(13-21)23-24-29-27-16-31(24)22-12-7-6-9-20(22)15-30(23)25(33)34-26(3,4)5/h6-7,9,12,14,16,19,21,23H,8,10-11,13,15H2,1-5H3. The molecule has 1 aromatic carbocycles. The zero-order chi connectivity index (χ0) is 24.0. The van der Waals surface area contributed by atoms with Gasteiger partial charge in [0.15, 0.2) is 5.82 Å². The van der Waals surface area contributed by atoms with Crippen molar-refractivity contribution in [3.05, 3.63) is 59.4 Å². The molecule has 0 radical (unpaired) electrons. The maximum absolute atomic E-state index is 13.6. The molecule has 2 aromatic heterocycles. The molecule has 2 aliphatic rings. The molecule has 1 aliphatic carbocycles.